The SMILES string of the molecule is COc1ccc(OC)c(C=NNC(=O)Cn2c(C)nc3ccccc32)c1. The molecule has 26 heavy (non-hydrogen) atoms. The van der Waals surface area contributed by atoms with Crippen LogP contribution in [-0.2, 0) is 11.3 Å². The third kappa shape index (κ3) is 3.66. The maximum atomic E-state index is 12.2. The van der Waals surface area contributed by atoms with Crippen molar-refractivity contribution in [2.45, 2.75) is 13.5 Å². The number of amides is 1. The third-order valence-electron chi connectivity index (χ3n) is 3.98. The van der Waals surface area contributed by atoms with E-state index in [0.29, 0.717) is 17.1 Å². The van der Waals surface area contributed by atoms with Crippen molar-refractivity contribution in [3.05, 3.63) is 53.9 Å². The van der Waals surface area contributed by atoms with Gasteiger partial charge in [-0.3, -0.25) is 4.79 Å². The van der Waals surface area contributed by atoms with E-state index in [2.05, 4.69) is 15.5 Å². The van der Waals surface area contributed by atoms with E-state index in [9.17, 15) is 4.79 Å². The van der Waals surface area contributed by atoms with Crippen molar-refractivity contribution in [1.29, 1.82) is 0 Å². The molecule has 0 unspecified atom stereocenters. The average Bonchev–Trinajstić information content (AvgIpc) is 2.97. The van der Waals surface area contributed by atoms with Gasteiger partial charge in [0.25, 0.3) is 5.91 Å². The molecule has 1 aromatic heterocycles. The fourth-order valence-electron chi connectivity index (χ4n) is 2.69. The standard InChI is InChI=1S/C19H20N4O3/c1-13-21-16-6-4-5-7-17(16)23(13)12-19(24)22-20-11-14-10-15(25-2)8-9-18(14)26-3/h4-11H,12H2,1-3H3,(H,22,24). The van der Waals surface area contributed by atoms with Gasteiger partial charge in [-0.2, -0.15) is 5.10 Å². The zero-order chi connectivity index (χ0) is 18.5. The molecule has 1 heterocycles. The number of fused-ring (bicyclic) bond motifs is 1. The van der Waals surface area contributed by atoms with Gasteiger partial charge in [0.1, 0.15) is 23.9 Å². The molecule has 0 fully saturated rings. The molecular formula is C19H20N4O3. The van der Waals surface area contributed by atoms with E-state index in [1.165, 1.54) is 6.21 Å². The number of aromatic nitrogens is 2. The first kappa shape index (κ1) is 17.5. The van der Waals surface area contributed by atoms with Gasteiger partial charge in [-0.05, 0) is 37.3 Å². The highest BCUT2D eigenvalue weighted by molar-refractivity contribution is 5.86. The van der Waals surface area contributed by atoms with Crippen LogP contribution in [0.2, 0.25) is 0 Å². The summed E-state index contributed by atoms with van der Waals surface area (Å²) in [7, 11) is 3.16. The van der Waals surface area contributed by atoms with Crippen molar-refractivity contribution in [1.82, 2.24) is 15.0 Å². The highest BCUT2D eigenvalue weighted by Crippen LogP contribution is 2.22. The fraction of sp³-hybridized carbons (Fsp3) is 0.211. The van der Waals surface area contributed by atoms with E-state index >= 15 is 0 Å². The number of hydrogen-bond acceptors (Lipinski definition) is 5. The van der Waals surface area contributed by atoms with Crippen LogP contribution >= 0.6 is 0 Å². The van der Waals surface area contributed by atoms with E-state index in [1.54, 1.807) is 32.4 Å². The topological polar surface area (TPSA) is 77.7 Å². The van der Waals surface area contributed by atoms with Crippen LogP contribution in [-0.4, -0.2) is 35.9 Å². The minimum Gasteiger partial charge on any atom is -0.497 e. The summed E-state index contributed by atoms with van der Waals surface area (Å²) in [4.78, 5) is 16.7. The number of hydrogen-bond donors (Lipinski definition) is 1. The van der Waals surface area contributed by atoms with Crippen LogP contribution in [0.1, 0.15) is 11.4 Å². The van der Waals surface area contributed by atoms with Crippen LogP contribution in [0.25, 0.3) is 11.0 Å². The molecule has 3 aromatic rings. The molecule has 3 rings (SSSR count). The van der Waals surface area contributed by atoms with Gasteiger partial charge in [-0.15, -0.1) is 0 Å². The third-order valence-corrected chi connectivity index (χ3v) is 3.98. The summed E-state index contributed by atoms with van der Waals surface area (Å²) in [5.74, 6) is 1.86. The Bertz CT molecular complexity index is 963. The van der Waals surface area contributed by atoms with E-state index in [0.717, 1.165) is 16.9 Å². The first-order chi connectivity index (χ1) is 12.6. The Morgan fingerprint density at radius 2 is 2.04 bits per heavy atom. The molecular weight excluding hydrogens is 332 g/mol. The highest BCUT2D eigenvalue weighted by Gasteiger charge is 2.10. The van der Waals surface area contributed by atoms with Gasteiger partial charge in [0, 0.05) is 5.56 Å². The average molecular weight is 352 g/mol. The number of aryl methyl sites for hydroxylation is 1. The molecule has 0 aliphatic rings. The summed E-state index contributed by atoms with van der Waals surface area (Å²) in [6.45, 7) is 2.01. The molecule has 2 aromatic carbocycles. The molecule has 7 nitrogen and oxygen atoms in total. The maximum Gasteiger partial charge on any atom is 0.260 e. The minimum atomic E-state index is -0.241. The molecule has 0 radical (unpaired) electrons. The lowest BCUT2D eigenvalue weighted by molar-refractivity contribution is -0.121. The summed E-state index contributed by atoms with van der Waals surface area (Å²) in [5, 5.41) is 4.02. The number of nitrogens with one attached hydrogen (secondary N) is 1. The number of ether oxygens (including phenoxy) is 2. The zero-order valence-electron chi connectivity index (χ0n) is 14.9. The monoisotopic (exact) mass is 352 g/mol. The summed E-state index contributed by atoms with van der Waals surface area (Å²) >= 11 is 0. The van der Waals surface area contributed by atoms with Crippen LogP contribution in [0.5, 0.6) is 11.5 Å². The number of hydrazone groups is 1. The van der Waals surface area contributed by atoms with Gasteiger partial charge < -0.3 is 14.0 Å². The molecule has 0 aliphatic heterocycles. The van der Waals surface area contributed by atoms with Crippen molar-refractivity contribution >= 4 is 23.2 Å². The predicted molar refractivity (Wildman–Crippen MR) is 99.8 cm³/mol. The van der Waals surface area contributed by atoms with Crippen molar-refractivity contribution in [2.24, 2.45) is 5.10 Å². The molecule has 0 saturated heterocycles. The largest absolute Gasteiger partial charge is 0.497 e. The molecule has 0 bridgehead atoms. The van der Waals surface area contributed by atoms with Crippen LogP contribution in [0, 0.1) is 6.92 Å². The number of methoxy groups -OCH3 is 2. The quantitative estimate of drug-likeness (QED) is 0.546. The molecule has 0 aliphatic carbocycles. The number of benzene rings is 2. The molecule has 0 atom stereocenters. The Kier molecular flexibility index (Phi) is 5.17. The lowest BCUT2D eigenvalue weighted by atomic mass is 10.2. The van der Waals surface area contributed by atoms with Crippen molar-refractivity contribution in [3.8, 4) is 11.5 Å². The predicted octanol–water partition coefficient (Wildman–Crippen LogP) is 2.51. The second kappa shape index (κ2) is 7.69. The smallest absolute Gasteiger partial charge is 0.260 e. The summed E-state index contributed by atoms with van der Waals surface area (Å²) in [6, 6.07) is 13.1. The van der Waals surface area contributed by atoms with E-state index in [-0.39, 0.29) is 12.5 Å². The molecule has 0 saturated carbocycles. The van der Waals surface area contributed by atoms with Gasteiger partial charge in [-0.25, -0.2) is 10.4 Å². The summed E-state index contributed by atoms with van der Waals surface area (Å²) in [6.07, 6.45) is 1.53. The number of carbonyl (C=O) groups is 1. The van der Waals surface area contributed by atoms with Gasteiger partial charge in [-0.1, -0.05) is 12.1 Å². The Morgan fingerprint density at radius 3 is 2.81 bits per heavy atom. The van der Waals surface area contributed by atoms with Crippen molar-refractivity contribution < 1.29 is 14.3 Å². The van der Waals surface area contributed by atoms with Crippen LogP contribution in [0.3, 0.4) is 0 Å². The van der Waals surface area contributed by atoms with Gasteiger partial charge in [0.2, 0.25) is 0 Å². The lowest BCUT2D eigenvalue weighted by Crippen LogP contribution is -2.23. The molecule has 134 valence electrons. The van der Waals surface area contributed by atoms with Gasteiger partial charge in [0.05, 0.1) is 31.5 Å². The number of nitrogens with zero attached hydrogens (tertiary/aromatic N) is 3. The fourth-order valence-corrected chi connectivity index (χ4v) is 2.69. The van der Waals surface area contributed by atoms with Gasteiger partial charge in [0.15, 0.2) is 0 Å². The second-order valence-electron chi connectivity index (χ2n) is 5.63. The Morgan fingerprint density at radius 1 is 1.23 bits per heavy atom. The Labute approximate surface area is 151 Å². The summed E-state index contributed by atoms with van der Waals surface area (Å²) in [5.41, 5.74) is 5.02. The van der Waals surface area contributed by atoms with Crippen LogP contribution in [0.15, 0.2) is 47.6 Å². The zero-order valence-corrected chi connectivity index (χ0v) is 14.9. The van der Waals surface area contributed by atoms with E-state index in [1.807, 2.05) is 35.8 Å². The minimum absolute atomic E-state index is 0.138. The second-order valence-corrected chi connectivity index (χ2v) is 5.63. The van der Waals surface area contributed by atoms with Crippen molar-refractivity contribution in [3.63, 3.8) is 0 Å². The lowest BCUT2D eigenvalue weighted by Gasteiger charge is -2.07. The normalized spacial score (nSPS) is 11.0. The Balaban J connectivity index is 1.71. The maximum absolute atomic E-state index is 12.2. The van der Waals surface area contributed by atoms with Crippen LogP contribution < -0.4 is 14.9 Å². The van der Waals surface area contributed by atoms with E-state index in [4.69, 9.17) is 9.47 Å². The van der Waals surface area contributed by atoms with Crippen LogP contribution in [0.4, 0.5) is 0 Å². The molecule has 1 amide bonds. The number of para-hydroxylation sites is 2. The van der Waals surface area contributed by atoms with Gasteiger partial charge >= 0.3 is 0 Å². The first-order valence-corrected chi connectivity index (χ1v) is 8.08. The number of rotatable bonds is 6. The number of imidazole rings is 1. The molecule has 7 heteroatoms. The molecule has 0 spiro atoms. The Hall–Kier alpha value is -3.35. The van der Waals surface area contributed by atoms with E-state index < -0.39 is 0 Å². The first-order valence-electron chi connectivity index (χ1n) is 8.08. The highest BCUT2D eigenvalue weighted by atomic mass is 16.5. The number of carbonyl (C=O) groups excluding carboxylic acids is 1. The van der Waals surface area contributed by atoms with Crippen molar-refractivity contribution in [2.75, 3.05) is 14.2 Å². The summed E-state index contributed by atoms with van der Waals surface area (Å²) < 4.78 is 12.3. The molecule has 1 N–H and O–H groups in total.